The third-order valence-corrected chi connectivity index (χ3v) is 3.53. The minimum Gasteiger partial charge on any atom is -0.355 e. The Hall–Kier alpha value is -2.10. The normalized spacial score (nSPS) is 11.6. The molecule has 1 N–H and O–H groups in total. The molecule has 0 atom stereocenters. The Morgan fingerprint density at radius 2 is 1.95 bits per heavy atom. The lowest BCUT2D eigenvalue weighted by Gasteiger charge is -2.19. The van der Waals surface area contributed by atoms with E-state index in [1.165, 1.54) is 10.1 Å². The van der Waals surface area contributed by atoms with Gasteiger partial charge >= 0.3 is 0 Å². The van der Waals surface area contributed by atoms with E-state index in [1.54, 1.807) is 6.20 Å². The van der Waals surface area contributed by atoms with E-state index in [-0.39, 0.29) is 23.4 Å². The van der Waals surface area contributed by atoms with Crippen LogP contribution in [0.2, 0.25) is 0 Å². The molecule has 112 valence electrons. The fourth-order valence-electron chi connectivity index (χ4n) is 2.29. The zero-order chi connectivity index (χ0) is 15.6. The van der Waals surface area contributed by atoms with Gasteiger partial charge in [-0.2, -0.15) is 0 Å². The van der Waals surface area contributed by atoms with Crippen molar-refractivity contribution < 1.29 is 4.79 Å². The molecule has 4 heteroatoms. The lowest BCUT2D eigenvalue weighted by atomic mass is 9.86. The van der Waals surface area contributed by atoms with Crippen LogP contribution in [0.25, 0.3) is 10.8 Å². The van der Waals surface area contributed by atoms with Crippen LogP contribution in [0.15, 0.2) is 35.3 Å². The molecule has 0 fully saturated rings. The summed E-state index contributed by atoms with van der Waals surface area (Å²) in [6.45, 7) is 8.91. The molecule has 4 nitrogen and oxygen atoms in total. The third kappa shape index (κ3) is 3.32. The second kappa shape index (κ2) is 5.72. The lowest BCUT2D eigenvalue weighted by molar-refractivity contribution is -0.121. The van der Waals surface area contributed by atoms with Gasteiger partial charge in [-0.25, -0.2) is 0 Å². The highest BCUT2D eigenvalue weighted by atomic mass is 16.2. The molecule has 0 aliphatic carbocycles. The van der Waals surface area contributed by atoms with Crippen LogP contribution in [0.5, 0.6) is 0 Å². The zero-order valence-electron chi connectivity index (χ0n) is 13.1. The van der Waals surface area contributed by atoms with E-state index in [4.69, 9.17) is 0 Å². The fraction of sp³-hybridized carbons (Fsp3) is 0.412. The van der Waals surface area contributed by atoms with Gasteiger partial charge in [0, 0.05) is 18.1 Å². The summed E-state index contributed by atoms with van der Waals surface area (Å²) >= 11 is 0. The number of hydrogen-bond donors (Lipinski definition) is 1. The Balaban J connectivity index is 2.44. The third-order valence-electron chi connectivity index (χ3n) is 3.53. The summed E-state index contributed by atoms with van der Waals surface area (Å²) in [6.07, 6.45) is 1.69. The van der Waals surface area contributed by atoms with Crippen LogP contribution in [-0.2, 0) is 16.8 Å². The Bertz CT molecular complexity index is 724. The number of amides is 1. The minimum absolute atomic E-state index is 0.0457. The first kappa shape index (κ1) is 15.3. The van der Waals surface area contributed by atoms with E-state index in [0.29, 0.717) is 11.9 Å². The van der Waals surface area contributed by atoms with Gasteiger partial charge in [-0.15, -0.1) is 0 Å². The average Bonchev–Trinajstić information content (AvgIpc) is 2.41. The minimum atomic E-state index is -0.148. The van der Waals surface area contributed by atoms with Gasteiger partial charge in [-0.3, -0.25) is 9.59 Å². The second-order valence-electron chi connectivity index (χ2n) is 6.25. The van der Waals surface area contributed by atoms with E-state index in [1.807, 2.05) is 31.2 Å². The van der Waals surface area contributed by atoms with Crippen molar-refractivity contribution in [2.45, 2.75) is 39.7 Å². The standard InChI is InChI=1S/C17H22N2O2/c1-5-18-15(20)11-19-9-8-12-10-13(17(2,3)4)6-7-14(12)16(19)21/h6-10H,5,11H2,1-4H3,(H,18,20). The molecule has 0 radical (unpaired) electrons. The van der Waals surface area contributed by atoms with Gasteiger partial charge in [0.1, 0.15) is 6.54 Å². The average molecular weight is 286 g/mol. The number of benzene rings is 1. The second-order valence-corrected chi connectivity index (χ2v) is 6.25. The zero-order valence-corrected chi connectivity index (χ0v) is 13.1. The molecule has 21 heavy (non-hydrogen) atoms. The number of hydrogen-bond acceptors (Lipinski definition) is 2. The molecule has 0 aliphatic heterocycles. The maximum absolute atomic E-state index is 12.4. The molecule has 0 saturated heterocycles. The van der Waals surface area contributed by atoms with Gasteiger partial charge in [0.15, 0.2) is 0 Å². The number of carbonyl (C=O) groups excluding carboxylic acids is 1. The molecule has 2 rings (SSSR count). The van der Waals surface area contributed by atoms with Crippen molar-refractivity contribution in [3.8, 4) is 0 Å². The highest BCUT2D eigenvalue weighted by molar-refractivity contribution is 5.83. The van der Waals surface area contributed by atoms with Crippen LogP contribution in [-0.4, -0.2) is 17.0 Å². The number of nitrogens with one attached hydrogen (secondary N) is 1. The quantitative estimate of drug-likeness (QED) is 0.942. The van der Waals surface area contributed by atoms with Crippen molar-refractivity contribution in [2.24, 2.45) is 0 Å². The highest BCUT2D eigenvalue weighted by Gasteiger charge is 2.15. The Morgan fingerprint density at radius 3 is 2.57 bits per heavy atom. The summed E-state index contributed by atoms with van der Waals surface area (Å²) in [5, 5.41) is 4.26. The molecule has 0 spiro atoms. The van der Waals surface area contributed by atoms with Crippen LogP contribution in [0, 0.1) is 0 Å². The summed E-state index contributed by atoms with van der Waals surface area (Å²) in [5.74, 6) is -0.148. The van der Waals surface area contributed by atoms with Crippen LogP contribution in [0.4, 0.5) is 0 Å². The molecular formula is C17H22N2O2. The van der Waals surface area contributed by atoms with Gasteiger partial charge in [0.25, 0.3) is 5.56 Å². The Labute approximate surface area is 124 Å². The molecule has 1 amide bonds. The highest BCUT2D eigenvalue weighted by Crippen LogP contribution is 2.24. The summed E-state index contributed by atoms with van der Waals surface area (Å²) in [7, 11) is 0. The van der Waals surface area contributed by atoms with Crippen LogP contribution in [0.1, 0.15) is 33.3 Å². The fourth-order valence-corrected chi connectivity index (χ4v) is 2.29. The molecule has 0 aliphatic rings. The number of pyridine rings is 1. The number of likely N-dealkylation sites (N-methyl/N-ethyl adjacent to an activating group) is 1. The topological polar surface area (TPSA) is 51.1 Å². The molecule has 1 heterocycles. The largest absolute Gasteiger partial charge is 0.355 e. The van der Waals surface area contributed by atoms with Crippen molar-refractivity contribution in [3.63, 3.8) is 0 Å². The molecule has 0 bridgehead atoms. The number of carbonyl (C=O) groups is 1. The van der Waals surface area contributed by atoms with Gasteiger partial charge in [0.2, 0.25) is 5.91 Å². The summed E-state index contributed by atoms with van der Waals surface area (Å²) in [4.78, 5) is 24.0. The molecule has 1 aromatic carbocycles. The maximum atomic E-state index is 12.4. The van der Waals surface area contributed by atoms with Crippen molar-refractivity contribution in [1.29, 1.82) is 0 Å². The summed E-state index contributed by atoms with van der Waals surface area (Å²) in [6, 6.07) is 7.78. The Morgan fingerprint density at radius 1 is 1.24 bits per heavy atom. The maximum Gasteiger partial charge on any atom is 0.258 e. The number of fused-ring (bicyclic) bond motifs is 1. The van der Waals surface area contributed by atoms with E-state index in [2.05, 4.69) is 26.1 Å². The van der Waals surface area contributed by atoms with E-state index >= 15 is 0 Å². The number of rotatable bonds is 3. The van der Waals surface area contributed by atoms with E-state index in [9.17, 15) is 9.59 Å². The molecule has 0 unspecified atom stereocenters. The van der Waals surface area contributed by atoms with Crippen LogP contribution in [0.3, 0.4) is 0 Å². The molecule has 1 aromatic heterocycles. The summed E-state index contributed by atoms with van der Waals surface area (Å²) < 4.78 is 1.45. The van der Waals surface area contributed by atoms with E-state index in [0.717, 1.165) is 5.39 Å². The molecule has 0 saturated carbocycles. The number of aromatic nitrogens is 1. The molecule has 2 aromatic rings. The number of nitrogens with zero attached hydrogens (tertiary/aromatic N) is 1. The first-order valence-corrected chi connectivity index (χ1v) is 7.23. The monoisotopic (exact) mass is 286 g/mol. The van der Waals surface area contributed by atoms with Gasteiger partial charge < -0.3 is 9.88 Å². The first-order valence-electron chi connectivity index (χ1n) is 7.23. The predicted molar refractivity (Wildman–Crippen MR) is 85.6 cm³/mol. The lowest BCUT2D eigenvalue weighted by Crippen LogP contribution is -2.31. The van der Waals surface area contributed by atoms with Crippen molar-refractivity contribution in [2.75, 3.05) is 6.54 Å². The molecular weight excluding hydrogens is 264 g/mol. The smallest absolute Gasteiger partial charge is 0.258 e. The van der Waals surface area contributed by atoms with Gasteiger partial charge in [-0.05, 0) is 35.4 Å². The van der Waals surface area contributed by atoms with Crippen molar-refractivity contribution in [3.05, 3.63) is 46.4 Å². The van der Waals surface area contributed by atoms with Crippen LogP contribution < -0.4 is 10.9 Å². The SMILES string of the molecule is CCNC(=O)Cn1ccc2cc(C(C)(C)C)ccc2c1=O. The van der Waals surface area contributed by atoms with Crippen LogP contribution >= 0.6 is 0 Å². The predicted octanol–water partition coefficient (Wildman–Crippen LogP) is 2.44. The first-order chi connectivity index (χ1) is 9.82. The Kier molecular flexibility index (Phi) is 4.16. The van der Waals surface area contributed by atoms with Gasteiger partial charge in [-0.1, -0.05) is 32.9 Å². The van der Waals surface area contributed by atoms with Crippen molar-refractivity contribution >= 4 is 16.7 Å². The van der Waals surface area contributed by atoms with E-state index < -0.39 is 0 Å². The van der Waals surface area contributed by atoms with Gasteiger partial charge in [0.05, 0.1) is 0 Å². The van der Waals surface area contributed by atoms with Crippen molar-refractivity contribution in [1.82, 2.24) is 9.88 Å². The summed E-state index contributed by atoms with van der Waals surface area (Å²) in [5.41, 5.74) is 1.11.